The van der Waals surface area contributed by atoms with E-state index >= 15 is 0 Å². The van der Waals surface area contributed by atoms with Gasteiger partial charge in [-0.3, -0.25) is 0 Å². The second-order valence-electron chi connectivity index (χ2n) is 9.90. The average molecular weight is 431 g/mol. The maximum atomic E-state index is 5.96. The van der Waals surface area contributed by atoms with Gasteiger partial charge in [0.2, 0.25) is 0 Å². The summed E-state index contributed by atoms with van der Waals surface area (Å²) in [5, 5.41) is 6.47. The molecule has 156 valence electrons. The van der Waals surface area contributed by atoms with Crippen LogP contribution in [0.3, 0.4) is 0 Å². The lowest BCUT2D eigenvalue weighted by Gasteiger charge is -2.16. The Bertz CT molecular complexity index is 1510. The van der Waals surface area contributed by atoms with Crippen LogP contribution >= 0.6 is 0 Å². The molecule has 2 heteroatoms. The highest BCUT2D eigenvalue weighted by molar-refractivity contribution is 6.89. The lowest BCUT2D eigenvalue weighted by atomic mass is 9.91. The van der Waals surface area contributed by atoms with Crippen LogP contribution in [0.25, 0.3) is 38.9 Å². The Labute approximate surface area is 190 Å². The second-order valence-corrected chi connectivity index (χ2v) is 14.9. The highest BCUT2D eigenvalue weighted by Crippen LogP contribution is 2.37. The molecule has 0 fully saturated rings. The van der Waals surface area contributed by atoms with Crippen molar-refractivity contribution in [1.29, 1.82) is 0 Å². The van der Waals surface area contributed by atoms with E-state index in [0.717, 1.165) is 5.76 Å². The molecule has 32 heavy (non-hydrogen) atoms. The summed E-state index contributed by atoms with van der Waals surface area (Å²) in [5.41, 5.74) is 5.24. The Morgan fingerprint density at radius 1 is 0.719 bits per heavy atom. The van der Waals surface area contributed by atoms with Gasteiger partial charge in [0, 0.05) is 11.5 Å². The summed E-state index contributed by atoms with van der Waals surface area (Å²) in [6, 6.07) is 29.1. The molecule has 0 bridgehead atoms. The maximum absolute atomic E-state index is 5.96. The van der Waals surface area contributed by atoms with Gasteiger partial charge in [0.05, 0.1) is 14.3 Å². The largest absolute Gasteiger partial charge is 0.465 e. The summed E-state index contributed by atoms with van der Waals surface area (Å²) in [4.78, 5) is 0. The molecule has 0 saturated carbocycles. The molecule has 1 aliphatic carbocycles. The van der Waals surface area contributed by atoms with Gasteiger partial charge in [-0.1, -0.05) is 86.4 Å². The minimum absolute atomic E-state index is 0.333. The molecule has 0 aliphatic heterocycles. The van der Waals surface area contributed by atoms with Gasteiger partial charge in [0.1, 0.15) is 5.76 Å². The van der Waals surface area contributed by atoms with Gasteiger partial charge in [0.15, 0.2) is 0 Å². The number of benzene rings is 4. The zero-order valence-corrected chi connectivity index (χ0v) is 19.7. The summed E-state index contributed by atoms with van der Waals surface area (Å²) in [6.45, 7) is 7.10. The van der Waals surface area contributed by atoms with Gasteiger partial charge < -0.3 is 4.42 Å². The molecule has 1 nitrogen and oxygen atoms in total. The van der Waals surface area contributed by atoms with E-state index in [0.29, 0.717) is 5.92 Å². The third-order valence-corrected chi connectivity index (χ3v) is 8.72. The van der Waals surface area contributed by atoms with E-state index in [9.17, 15) is 0 Å². The normalized spacial score (nSPS) is 15.5. The van der Waals surface area contributed by atoms with Crippen LogP contribution in [0.2, 0.25) is 19.6 Å². The number of furan rings is 1. The summed E-state index contributed by atoms with van der Waals surface area (Å²) in [7, 11) is -1.47. The molecule has 1 unspecified atom stereocenters. The number of hydrogen-bond donors (Lipinski definition) is 0. The monoisotopic (exact) mass is 430 g/mol. The van der Waals surface area contributed by atoms with Crippen LogP contribution in [0, 0.1) is 0 Å². The maximum Gasteiger partial charge on any atom is 0.133 e. The number of allylic oxidation sites excluding steroid dienone is 1. The first-order chi connectivity index (χ1) is 15.5. The Morgan fingerprint density at radius 3 is 2.31 bits per heavy atom. The van der Waals surface area contributed by atoms with Crippen LogP contribution in [-0.2, 0) is 0 Å². The molecule has 5 aromatic rings. The molecular weight excluding hydrogens is 404 g/mol. The zero-order valence-electron chi connectivity index (χ0n) is 18.7. The van der Waals surface area contributed by atoms with E-state index in [4.69, 9.17) is 4.42 Å². The molecule has 0 amide bonds. The predicted octanol–water partition coefficient (Wildman–Crippen LogP) is 7.96. The van der Waals surface area contributed by atoms with Crippen LogP contribution in [-0.4, -0.2) is 8.07 Å². The first-order valence-corrected chi connectivity index (χ1v) is 14.8. The highest BCUT2D eigenvalue weighted by Gasteiger charge is 2.23. The summed E-state index contributed by atoms with van der Waals surface area (Å²) in [6.07, 6.45) is 6.41. The molecule has 4 aromatic carbocycles. The Hall–Kier alpha value is -3.36. The van der Waals surface area contributed by atoms with Crippen molar-refractivity contribution >= 4 is 40.9 Å². The fourth-order valence-electron chi connectivity index (χ4n) is 5.01. The number of fused-ring (bicyclic) bond motifs is 3. The van der Waals surface area contributed by atoms with E-state index in [-0.39, 0.29) is 0 Å². The van der Waals surface area contributed by atoms with Crippen molar-refractivity contribution in [2.75, 3.05) is 0 Å². The van der Waals surface area contributed by atoms with E-state index < -0.39 is 8.07 Å². The summed E-state index contributed by atoms with van der Waals surface area (Å²) < 4.78 is 5.96. The SMILES string of the molecule is C[Si](C)(C)c1ccoc1-c1ccc2cc3ccc(C4C=Cc5ccccc54)cc3cc2c1. The van der Waals surface area contributed by atoms with Gasteiger partial charge in [-0.05, 0) is 67.7 Å². The lowest BCUT2D eigenvalue weighted by Crippen LogP contribution is -2.37. The van der Waals surface area contributed by atoms with Crippen molar-refractivity contribution in [1.82, 2.24) is 0 Å². The van der Waals surface area contributed by atoms with E-state index in [1.165, 1.54) is 49.0 Å². The molecular formula is C30H26OSi. The predicted molar refractivity (Wildman–Crippen MR) is 139 cm³/mol. The quantitative estimate of drug-likeness (QED) is 0.209. The summed E-state index contributed by atoms with van der Waals surface area (Å²) in [5.74, 6) is 1.37. The molecule has 0 radical (unpaired) electrons. The second kappa shape index (κ2) is 7.08. The number of rotatable bonds is 3. The van der Waals surface area contributed by atoms with Crippen molar-refractivity contribution in [2.45, 2.75) is 25.6 Å². The fourth-order valence-corrected chi connectivity index (χ4v) is 6.47. The van der Waals surface area contributed by atoms with Crippen molar-refractivity contribution in [2.24, 2.45) is 0 Å². The van der Waals surface area contributed by atoms with Crippen molar-refractivity contribution in [3.05, 3.63) is 108 Å². The average Bonchev–Trinajstić information content (AvgIpc) is 3.44. The molecule has 1 atom stereocenters. The smallest absolute Gasteiger partial charge is 0.133 e. The van der Waals surface area contributed by atoms with Gasteiger partial charge in [-0.15, -0.1) is 0 Å². The van der Waals surface area contributed by atoms with Gasteiger partial charge in [-0.25, -0.2) is 0 Å². The fraction of sp³-hybridized carbons (Fsp3) is 0.133. The third-order valence-electron chi connectivity index (χ3n) is 6.71. The van der Waals surface area contributed by atoms with E-state index in [1.54, 1.807) is 0 Å². The summed E-state index contributed by atoms with van der Waals surface area (Å²) >= 11 is 0. The Kier molecular flexibility index (Phi) is 4.28. The Morgan fingerprint density at radius 2 is 1.47 bits per heavy atom. The molecule has 1 heterocycles. The Balaban J connectivity index is 1.46. The van der Waals surface area contributed by atoms with Crippen molar-refractivity contribution in [3.8, 4) is 11.3 Å². The molecule has 6 rings (SSSR count). The van der Waals surface area contributed by atoms with Crippen molar-refractivity contribution < 1.29 is 4.42 Å². The highest BCUT2D eigenvalue weighted by atomic mass is 28.3. The molecule has 1 aliphatic rings. The van der Waals surface area contributed by atoms with Crippen LogP contribution in [0.5, 0.6) is 0 Å². The minimum Gasteiger partial charge on any atom is -0.465 e. The van der Waals surface area contributed by atoms with Gasteiger partial charge in [-0.2, -0.15) is 0 Å². The molecule has 1 aromatic heterocycles. The zero-order chi connectivity index (χ0) is 21.9. The van der Waals surface area contributed by atoms with Crippen molar-refractivity contribution in [3.63, 3.8) is 0 Å². The van der Waals surface area contributed by atoms with Gasteiger partial charge in [0.25, 0.3) is 0 Å². The lowest BCUT2D eigenvalue weighted by molar-refractivity contribution is 0.583. The minimum atomic E-state index is -1.47. The van der Waals surface area contributed by atoms with E-state index in [2.05, 4.69) is 111 Å². The van der Waals surface area contributed by atoms with Crippen LogP contribution < -0.4 is 5.19 Å². The number of hydrogen-bond acceptors (Lipinski definition) is 1. The topological polar surface area (TPSA) is 13.1 Å². The molecule has 0 N–H and O–H groups in total. The van der Waals surface area contributed by atoms with Crippen LogP contribution in [0.15, 0.2) is 95.6 Å². The first-order valence-electron chi connectivity index (χ1n) is 11.3. The van der Waals surface area contributed by atoms with Crippen LogP contribution in [0.4, 0.5) is 0 Å². The third kappa shape index (κ3) is 3.14. The molecule has 0 saturated heterocycles. The standard InChI is InChI=1S/C30H26OSi/c1-32(2,3)29-14-15-31-30(29)24-11-9-22-16-21-8-10-23(17-25(21)19-26(22)18-24)28-13-12-20-6-4-5-7-27(20)28/h4-19,28H,1-3H3. The van der Waals surface area contributed by atoms with E-state index in [1.807, 2.05) is 6.26 Å². The molecule has 0 spiro atoms. The first kappa shape index (κ1) is 19.3. The van der Waals surface area contributed by atoms with Gasteiger partial charge >= 0.3 is 0 Å². The van der Waals surface area contributed by atoms with Crippen LogP contribution in [0.1, 0.15) is 22.6 Å².